The summed E-state index contributed by atoms with van der Waals surface area (Å²) in [6.07, 6.45) is 2.09. The maximum absolute atomic E-state index is 10.5. The Balaban J connectivity index is 2.68. The first-order valence-corrected chi connectivity index (χ1v) is 4.33. The fourth-order valence-corrected chi connectivity index (χ4v) is 1.13. The maximum Gasteiger partial charge on any atom is 0.320 e. The van der Waals surface area contributed by atoms with Gasteiger partial charge in [-0.3, -0.25) is 4.79 Å². The molecule has 74 valence electrons. The fourth-order valence-electron chi connectivity index (χ4n) is 1.13. The molecule has 0 radical (unpaired) electrons. The molecule has 3 heteroatoms. The summed E-state index contributed by atoms with van der Waals surface area (Å²) >= 11 is 0. The van der Waals surface area contributed by atoms with Crippen molar-refractivity contribution in [3.63, 3.8) is 0 Å². The molecule has 0 bridgehead atoms. The van der Waals surface area contributed by atoms with Crippen molar-refractivity contribution in [1.29, 1.82) is 0 Å². The molecule has 0 aliphatic carbocycles. The Hall–Kier alpha value is -1.61. The first kappa shape index (κ1) is 10.5. The van der Waals surface area contributed by atoms with Gasteiger partial charge in [-0.2, -0.15) is 0 Å². The molecule has 0 aromatic heterocycles. The van der Waals surface area contributed by atoms with Gasteiger partial charge in [0.25, 0.3) is 0 Å². The third kappa shape index (κ3) is 2.71. The lowest BCUT2D eigenvalue weighted by Gasteiger charge is -2.06. The molecule has 1 atom stereocenters. The second-order valence-electron chi connectivity index (χ2n) is 3.09. The van der Waals surface area contributed by atoms with Crippen LogP contribution < -0.4 is 5.73 Å². The van der Waals surface area contributed by atoms with Gasteiger partial charge in [0.2, 0.25) is 0 Å². The van der Waals surface area contributed by atoms with Gasteiger partial charge >= 0.3 is 5.97 Å². The highest BCUT2D eigenvalue weighted by molar-refractivity contribution is 5.73. The molecule has 0 saturated carbocycles. The van der Waals surface area contributed by atoms with Crippen molar-refractivity contribution < 1.29 is 9.90 Å². The van der Waals surface area contributed by atoms with Gasteiger partial charge in [0, 0.05) is 0 Å². The molecule has 0 aliphatic heterocycles. The van der Waals surface area contributed by atoms with E-state index >= 15 is 0 Å². The molecule has 14 heavy (non-hydrogen) atoms. The van der Waals surface area contributed by atoms with Gasteiger partial charge in [0.05, 0.1) is 0 Å². The monoisotopic (exact) mass is 191 g/mol. The molecular formula is C11H13NO2. The zero-order valence-corrected chi connectivity index (χ0v) is 7.81. The van der Waals surface area contributed by atoms with Crippen LogP contribution in [0.25, 0.3) is 6.08 Å². The molecule has 0 fully saturated rings. The highest BCUT2D eigenvalue weighted by Crippen LogP contribution is 2.07. The minimum Gasteiger partial charge on any atom is -0.480 e. The smallest absolute Gasteiger partial charge is 0.320 e. The quantitative estimate of drug-likeness (QED) is 0.753. The van der Waals surface area contributed by atoms with E-state index in [4.69, 9.17) is 10.8 Å². The molecule has 0 heterocycles. The van der Waals surface area contributed by atoms with Crippen LogP contribution in [0.3, 0.4) is 0 Å². The Bertz CT molecular complexity index is 330. The van der Waals surface area contributed by atoms with Crippen molar-refractivity contribution in [2.45, 2.75) is 12.5 Å². The number of rotatable bonds is 4. The lowest BCUT2D eigenvalue weighted by atomic mass is 10.0. The largest absolute Gasteiger partial charge is 0.480 e. The first-order chi connectivity index (χ1) is 6.63. The SMILES string of the molecule is C=Cc1ccc(C[C@H](N)C(=O)O)cc1. The average molecular weight is 191 g/mol. The van der Waals surface area contributed by atoms with Crippen LogP contribution in [0.2, 0.25) is 0 Å². The minimum atomic E-state index is -0.974. The van der Waals surface area contributed by atoms with E-state index in [-0.39, 0.29) is 0 Å². The molecule has 0 spiro atoms. The van der Waals surface area contributed by atoms with Gasteiger partial charge in [0.15, 0.2) is 0 Å². The van der Waals surface area contributed by atoms with Crippen molar-refractivity contribution >= 4 is 12.0 Å². The van der Waals surface area contributed by atoms with E-state index in [0.717, 1.165) is 11.1 Å². The predicted molar refractivity (Wildman–Crippen MR) is 55.8 cm³/mol. The standard InChI is InChI=1S/C11H13NO2/c1-2-8-3-5-9(6-4-8)7-10(12)11(13)14/h2-6,10H,1,7,12H2,(H,13,14)/t10-/m0/s1. The van der Waals surface area contributed by atoms with Gasteiger partial charge in [-0.05, 0) is 17.5 Å². The van der Waals surface area contributed by atoms with Crippen molar-refractivity contribution in [3.05, 3.63) is 42.0 Å². The van der Waals surface area contributed by atoms with E-state index in [1.807, 2.05) is 24.3 Å². The number of carbonyl (C=O) groups is 1. The highest BCUT2D eigenvalue weighted by atomic mass is 16.4. The first-order valence-electron chi connectivity index (χ1n) is 4.33. The molecule has 0 saturated heterocycles. The Kier molecular flexibility index (Phi) is 3.42. The minimum absolute atomic E-state index is 0.354. The van der Waals surface area contributed by atoms with Gasteiger partial charge in [0.1, 0.15) is 6.04 Å². The third-order valence-corrected chi connectivity index (χ3v) is 1.99. The Morgan fingerprint density at radius 1 is 1.50 bits per heavy atom. The summed E-state index contributed by atoms with van der Waals surface area (Å²) < 4.78 is 0. The summed E-state index contributed by atoms with van der Waals surface area (Å²) in [5, 5.41) is 8.60. The van der Waals surface area contributed by atoms with Crippen molar-refractivity contribution in [2.75, 3.05) is 0 Å². The molecular weight excluding hydrogens is 178 g/mol. The van der Waals surface area contributed by atoms with Gasteiger partial charge in [-0.1, -0.05) is 36.9 Å². The zero-order chi connectivity index (χ0) is 10.6. The third-order valence-electron chi connectivity index (χ3n) is 1.99. The summed E-state index contributed by atoms with van der Waals surface area (Å²) in [6.45, 7) is 3.63. The summed E-state index contributed by atoms with van der Waals surface area (Å²) in [5.74, 6) is -0.974. The van der Waals surface area contributed by atoms with Gasteiger partial charge < -0.3 is 10.8 Å². The van der Waals surface area contributed by atoms with Crippen LogP contribution in [0.5, 0.6) is 0 Å². The summed E-state index contributed by atoms with van der Waals surface area (Å²) in [5.41, 5.74) is 7.33. The highest BCUT2D eigenvalue weighted by Gasteiger charge is 2.11. The molecule has 0 unspecified atom stereocenters. The summed E-state index contributed by atoms with van der Waals surface area (Å²) in [4.78, 5) is 10.5. The second-order valence-corrected chi connectivity index (χ2v) is 3.09. The number of hydrogen-bond acceptors (Lipinski definition) is 2. The van der Waals surface area contributed by atoms with Crippen LogP contribution in [0.4, 0.5) is 0 Å². The van der Waals surface area contributed by atoms with E-state index < -0.39 is 12.0 Å². The van der Waals surface area contributed by atoms with E-state index in [1.54, 1.807) is 6.08 Å². The van der Waals surface area contributed by atoms with Gasteiger partial charge in [-0.25, -0.2) is 0 Å². The topological polar surface area (TPSA) is 63.3 Å². The van der Waals surface area contributed by atoms with Crippen LogP contribution >= 0.6 is 0 Å². The van der Waals surface area contributed by atoms with Crippen molar-refractivity contribution in [1.82, 2.24) is 0 Å². The molecule has 1 aromatic carbocycles. The second kappa shape index (κ2) is 4.58. The number of nitrogens with two attached hydrogens (primary N) is 1. The van der Waals surface area contributed by atoms with E-state index in [1.165, 1.54) is 0 Å². The zero-order valence-electron chi connectivity index (χ0n) is 7.81. The molecule has 3 N–H and O–H groups in total. The van der Waals surface area contributed by atoms with E-state index in [0.29, 0.717) is 6.42 Å². The molecule has 1 aromatic rings. The van der Waals surface area contributed by atoms with Gasteiger partial charge in [-0.15, -0.1) is 0 Å². The molecule has 1 rings (SSSR count). The fraction of sp³-hybridized carbons (Fsp3) is 0.182. The van der Waals surface area contributed by atoms with Crippen LogP contribution in [0.15, 0.2) is 30.8 Å². The Morgan fingerprint density at radius 2 is 2.07 bits per heavy atom. The molecule has 3 nitrogen and oxygen atoms in total. The lowest BCUT2D eigenvalue weighted by Crippen LogP contribution is -2.32. The van der Waals surface area contributed by atoms with Crippen molar-refractivity contribution in [3.8, 4) is 0 Å². The summed E-state index contributed by atoms with van der Waals surface area (Å²) in [7, 11) is 0. The number of benzene rings is 1. The normalized spacial score (nSPS) is 12.1. The number of hydrogen-bond donors (Lipinski definition) is 2. The van der Waals surface area contributed by atoms with Crippen LogP contribution in [-0.4, -0.2) is 17.1 Å². The average Bonchev–Trinajstić information content (AvgIpc) is 2.19. The van der Waals surface area contributed by atoms with E-state index in [2.05, 4.69) is 6.58 Å². The van der Waals surface area contributed by atoms with E-state index in [9.17, 15) is 4.79 Å². The Morgan fingerprint density at radius 3 is 2.50 bits per heavy atom. The molecule has 0 amide bonds. The molecule has 0 aliphatic rings. The number of aliphatic carboxylic acids is 1. The Labute approximate surface area is 82.9 Å². The van der Waals surface area contributed by atoms with Crippen molar-refractivity contribution in [2.24, 2.45) is 5.73 Å². The van der Waals surface area contributed by atoms with Crippen LogP contribution in [0, 0.1) is 0 Å². The number of carboxylic acid groups (broad SMARTS) is 1. The predicted octanol–water partition coefficient (Wildman–Crippen LogP) is 1.28. The van der Waals surface area contributed by atoms with Crippen LogP contribution in [0.1, 0.15) is 11.1 Å². The number of carboxylic acids is 1. The maximum atomic E-state index is 10.5. The summed E-state index contributed by atoms with van der Waals surface area (Å²) in [6, 6.07) is 6.66. The lowest BCUT2D eigenvalue weighted by molar-refractivity contribution is -0.138. The van der Waals surface area contributed by atoms with Crippen LogP contribution in [-0.2, 0) is 11.2 Å².